The Morgan fingerprint density at radius 1 is 1.00 bits per heavy atom. The molecular weight excluding hydrogens is 280 g/mol. The van der Waals surface area contributed by atoms with E-state index in [0.29, 0.717) is 6.42 Å². The van der Waals surface area contributed by atoms with Crippen molar-refractivity contribution in [3.8, 4) is 0 Å². The number of rotatable bonds is 4. The lowest BCUT2D eigenvalue weighted by Gasteiger charge is -1.92. The molecular formula is C10H16O6S2. The first kappa shape index (κ1) is 17.0. The molecule has 1 aromatic rings. The molecule has 18 heavy (non-hydrogen) atoms. The SMILES string of the molecule is CCCCS(=O)(=O)O.O=S(=O)(O)c1ccccc1. The molecule has 0 unspecified atom stereocenters. The second-order valence-electron chi connectivity index (χ2n) is 3.43. The molecule has 0 saturated heterocycles. The highest BCUT2D eigenvalue weighted by Crippen LogP contribution is 2.05. The third-order valence-corrected chi connectivity index (χ3v) is 3.47. The summed E-state index contributed by atoms with van der Waals surface area (Å²) in [5, 5.41) is 0. The molecule has 0 atom stereocenters. The molecule has 6 nitrogen and oxygen atoms in total. The maximum Gasteiger partial charge on any atom is 0.294 e. The van der Waals surface area contributed by atoms with Crippen molar-refractivity contribution < 1.29 is 25.9 Å². The predicted octanol–water partition coefficient (Wildman–Crippen LogP) is 1.61. The van der Waals surface area contributed by atoms with Crippen molar-refractivity contribution in [1.82, 2.24) is 0 Å². The summed E-state index contributed by atoms with van der Waals surface area (Å²) in [6.07, 6.45) is 1.33. The third kappa shape index (κ3) is 9.11. The lowest BCUT2D eigenvalue weighted by molar-refractivity contribution is 0.479. The molecule has 0 fully saturated rings. The van der Waals surface area contributed by atoms with E-state index in [4.69, 9.17) is 9.11 Å². The third-order valence-electron chi connectivity index (χ3n) is 1.80. The van der Waals surface area contributed by atoms with Crippen molar-refractivity contribution in [3.63, 3.8) is 0 Å². The van der Waals surface area contributed by atoms with E-state index in [2.05, 4.69) is 0 Å². The van der Waals surface area contributed by atoms with Gasteiger partial charge in [0.2, 0.25) is 0 Å². The van der Waals surface area contributed by atoms with Gasteiger partial charge in [0, 0.05) is 0 Å². The second-order valence-corrected chi connectivity index (χ2v) is 6.42. The molecule has 2 N–H and O–H groups in total. The van der Waals surface area contributed by atoms with Crippen LogP contribution in [0.15, 0.2) is 35.2 Å². The second kappa shape index (κ2) is 7.47. The first-order valence-corrected chi connectivity index (χ1v) is 8.19. The fourth-order valence-corrected chi connectivity index (χ4v) is 2.07. The van der Waals surface area contributed by atoms with Crippen LogP contribution in [-0.4, -0.2) is 31.7 Å². The van der Waals surface area contributed by atoms with Gasteiger partial charge in [0.05, 0.1) is 10.6 Å². The fourth-order valence-electron chi connectivity index (χ4n) is 0.919. The highest BCUT2D eigenvalue weighted by atomic mass is 32.2. The van der Waals surface area contributed by atoms with Crippen molar-refractivity contribution >= 4 is 20.2 Å². The smallest absolute Gasteiger partial charge is 0.286 e. The molecule has 104 valence electrons. The Kier molecular flexibility index (Phi) is 7.07. The summed E-state index contributed by atoms with van der Waals surface area (Å²) in [5.41, 5.74) is 0. The Morgan fingerprint density at radius 2 is 1.50 bits per heavy atom. The number of hydrogen-bond donors (Lipinski definition) is 2. The maximum absolute atomic E-state index is 10.4. The van der Waals surface area contributed by atoms with E-state index in [9.17, 15) is 16.8 Å². The number of hydrogen-bond acceptors (Lipinski definition) is 4. The lowest BCUT2D eigenvalue weighted by Crippen LogP contribution is -2.02. The quantitative estimate of drug-likeness (QED) is 0.817. The van der Waals surface area contributed by atoms with Crippen LogP contribution in [-0.2, 0) is 20.2 Å². The Labute approximate surface area is 107 Å². The maximum atomic E-state index is 10.4. The summed E-state index contributed by atoms with van der Waals surface area (Å²) < 4.78 is 57.3. The van der Waals surface area contributed by atoms with Crippen molar-refractivity contribution in [2.45, 2.75) is 24.7 Å². The fraction of sp³-hybridized carbons (Fsp3) is 0.400. The molecule has 0 radical (unpaired) electrons. The van der Waals surface area contributed by atoms with E-state index in [1.165, 1.54) is 12.1 Å². The lowest BCUT2D eigenvalue weighted by atomic mass is 10.4. The summed E-state index contributed by atoms with van der Waals surface area (Å²) in [7, 11) is -7.69. The summed E-state index contributed by atoms with van der Waals surface area (Å²) in [5.74, 6) is -0.108. The molecule has 0 spiro atoms. The molecule has 0 bridgehead atoms. The van der Waals surface area contributed by atoms with Crippen molar-refractivity contribution in [1.29, 1.82) is 0 Å². The van der Waals surface area contributed by atoms with Gasteiger partial charge < -0.3 is 0 Å². The van der Waals surface area contributed by atoms with Gasteiger partial charge in [-0.1, -0.05) is 31.5 Å². The van der Waals surface area contributed by atoms with Crippen molar-refractivity contribution in [2.75, 3.05) is 5.75 Å². The molecule has 0 aliphatic rings. The zero-order valence-electron chi connectivity index (χ0n) is 9.85. The minimum atomic E-state index is -4.00. The Bertz CT molecular complexity index is 533. The molecule has 8 heteroatoms. The van der Waals surface area contributed by atoms with E-state index in [1.807, 2.05) is 6.92 Å². The van der Waals surface area contributed by atoms with E-state index >= 15 is 0 Å². The minimum Gasteiger partial charge on any atom is -0.286 e. The molecule has 1 aromatic carbocycles. The average molecular weight is 296 g/mol. The van der Waals surface area contributed by atoms with Gasteiger partial charge in [-0.25, -0.2) is 0 Å². The van der Waals surface area contributed by atoms with Crippen LogP contribution in [0.4, 0.5) is 0 Å². The predicted molar refractivity (Wildman–Crippen MR) is 67.6 cm³/mol. The zero-order chi connectivity index (χ0) is 14.2. The van der Waals surface area contributed by atoms with Gasteiger partial charge in [-0.15, -0.1) is 0 Å². The van der Waals surface area contributed by atoms with Crippen molar-refractivity contribution in [2.24, 2.45) is 0 Å². The van der Waals surface area contributed by atoms with E-state index < -0.39 is 20.2 Å². The Hall–Kier alpha value is -0.960. The monoisotopic (exact) mass is 296 g/mol. The van der Waals surface area contributed by atoms with E-state index in [0.717, 1.165) is 6.42 Å². The summed E-state index contributed by atoms with van der Waals surface area (Å²) in [6, 6.07) is 7.42. The van der Waals surface area contributed by atoms with Gasteiger partial charge in [-0.05, 0) is 18.6 Å². The zero-order valence-corrected chi connectivity index (χ0v) is 11.5. The highest BCUT2D eigenvalue weighted by molar-refractivity contribution is 7.86. The topological polar surface area (TPSA) is 109 Å². The molecule has 1 rings (SSSR count). The van der Waals surface area contributed by atoms with Gasteiger partial charge in [0.25, 0.3) is 20.2 Å². The van der Waals surface area contributed by atoms with Crippen LogP contribution < -0.4 is 0 Å². The van der Waals surface area contributed by atoms with Crippen LogP contribution in [0.1, 0.15) is 19.8 Å². The van der Waals surface area contributed by atoms with Gasteiger partial charge in [-0.3, -0.25) is 9.11 Å². The number of benzene rings is 1. The van der Waals surface area contributed by atoms with Crippen LogP contribution in [0.5, 0.6) is 0 Å². The normalized spacial score (nSPS) is 11.5. The molecule has 0 aliphatic heterocycles. The van der Waals surface area contributed by atoms with Crippen LogP contribution in [0, 0.1) is 0 Å². The van der Waals surface area contributed by atoms with Crippen LogP contribution in [0.25, 0.3) is 0 Å². The van der Waals surface area contributed by atoms with Crippen LogP contribution in [0.3, 0.4) is 0 Å². The van der Waals surface area contributed by atoms with Crippen LogP contribution in [0.2, 0.25) is 0 Å². The van der Waals surface area contributed by atoms with Crippen LogP contribution >= 0.6 is 0 Å². The Balaban J connectivity index is 0.000000331. The summed E-state index contributed by atoms with van der Waals surface area (Å²) >= 11 is 0. The van der Waals surface area contributed by atoms with E-state index in [-0.39, 0.29) is 10.6 Å². The van der Waals surface area contributed by atoms with Crippen molar-refractivity contribution in [3.05, 3.63) is 30.3 Å². The Morgan fingerprint density at radius 3 is 1.72 bits per heavy atom. The summed E-state index contributed by atoms with van der Waals surface area (Å²) in [4.78, 5) is -0.0741. The first-order chi connectivity index (χ1) is 8.17. The largest absolute Gasteiger partial charge is 0.294 e. The molecule has 0 amide bonds. The standard InChI is InChI=1S/C6H6O3S.C4H10O3S/c7-10(8,9)6-4-2-1-3-5-6;1-2-3-4-8(5,6)7/h1-5H,(H,7,8,9);2-4H2,1H3,(H,5,6,7). The molecule has 0 aliphatic carbocycles. The highest BCUT2D eigenvalue weighted by Gasteiger charge is 2.05. The number of unbranched alkanes of at least 4 members (excludes halogenated alkanes) is 1. The minimum absolute atomic E-state index is 0.0741. The van der Waals surface area contributed by atoms with Gasteiger partial charge in [-0.2, -0.15) is 16.8 Å². The van der Waals surface area contributed by atoms with Gasteiger partial charge in [0.15, 0.2) is 0 Å². The van der Waals surface area contributed by atoms with Gasteiger partial charge >= 0.3 is 0 Å². The van der Waals surface area contributed by atoms with Gasteiger partial charge in [0.1, 0.15) is 0 Å². The molecule has 0 aromatic heterocycles. The molecule has 0 saturated carbocycles. The molecule has 0 heterocycles. The average Bonchev–Trinajstić information content (AvgIpc) is 2.26. The summed E-state index contributed by atoms with van der Waals surface area (Å²) in [6.45, 7) is 1.87. The van der Waals surface area contributed by atoms with E-state index in [1.54, 1.807) is 18.2 Å². The first-order valence-electron chi connectivity index (χ1n) is 5.14.